The van der Waals surface area contributed by atoms with Gasteiger partial charge in [0.25, 0.3) is 5.91 Å². The number of amides is 1. The van der Waals surface area contributed by atoms with Gasteiger partial charge in [0.05, 0.1) is 17.8 Å². The summed E-state index contributed by atoms with van der Waals surface area (Å²) in [5.41, 5.74) is 2.96. The molecule has 28 heavy (non-hydrogen) atoms. The minimum Gasteiger partial charge on any atom is -0.480 e. The molecule has 3 rings (SSSR count). The Kier molecular flexibility index (Phi) is 5.82. The van der Waals surface area contributed by atoms with Crippen LogP contribution in [-0.4, -0.2) is 37.8 Å². The first kappa shape index (κ1) is 19.7. The number of H-pyrrole nitrogens is 1. The lowest BCUT2D eigenvalue weighted by Crippen LogP contribution is -2.42. The van der Waals surface area contributed by atoms with Crippen LogP contribution in [0.15, 0.2) is 36.7 Å². The largest absolute Gasteiger partial charge is 0.480 e. The Morgan fingerprint density at radius 2 is 1.96 bits per heavy atom. The van der Waals surface area contributed by atoms with Crippen molar-refractivity contribution in [3.05, 3.63) is 53.5 Å². The van der Waals surface area contributed by atoms with Crippen LogP contribution in [0, 0.1) is 6.92 Å². The molecule has 1 amide bonds. The fraction of sp³-hybridized carbons (Fsp3) is 0.381. The molecule has 3 aromatic rings. The van der Waals surface area contributed by atoms with Gasteiger partial charge >= 0.3 is 5.97 Å². The topological polar surface area (TPSA) is 100 Å². The summed E-state index contributed by atoms with van der Waals surface area (Å²) < 4.78 is 1.85. The van der Waals surface area contributed by atoms with Crippen LogP contribution in [0.25, 0.3) is 10.9 Å². The van der Waals surface area contributed by atoms with Crippen molar-refractivity contribution in [1.29, 1.82) is 0 Å². The maximum Gasteiger partial charge on any atom is 0.326 e. The highest BCUT2D eigenvalue weighted by Crippen LogP contribution is 2.21. The molecule has 0 saturated carbocycles. The second kappa shape index (κ2) is 8.29. The van der Waals surface area contributed by atoms with Crippen LogP contribution in [0.4, 0.5) is 0 Å². The molecule has 0 radical (unpaired) electrons. The summed E-state index contributed by atoms with van der Waals surface area (Å²) in [6, 6.07) is 6.89. The Bertz CT molecular complexity index is 985. The number of para-hydroxylation sites is 1. The summed E-state index contributed by atoms with van der Waals surface area (Å²) in [6.45, 7) is 6.00. The average Bonchev–Trinajstić information content (AvgIpc) is 3.26. The number of hydrogen-bond acceptors (Lipinski definition) is 3. The summed E-state index contributed by atoms with van der Waals surface area (Å²) in [5.74, 6) is -1.48. The Balaban J connectivity index is 1.79. The van der Waals surface area contributed by atoms with Gasteiger partial charge in [-0.15, -0.1) is 0 Å². The van der Waals surface area contributed by atoms with E-state index in [4.69, 9.17) is 0 Å². The molecule has 0 aliphatic rings. The molecule has 148 valence electrons. The zero-order valence-electron chi connectivity index (χ0n) is 16.4. The van der Waals surface area contributed by atoms with Gasteiger partial charge in [0.1, 0.15) is 6.04 Å². The van der Waals surface area contributed by atoms with E-state index in [1.54, 1.807) is 6.20 Å². The molecule has 0 bridgehead atoms. The third-order valence-corrected chi connectivity index (χ3v) is 5.28. The van der Waals surface area contributed by atoms with E-state index < -0.39 is 17.9 Å². The molecule has 0 saturated heterocycles. The molecule has 0 aliphatic heterocycles. The Morgan fingerprint density at radius 1 is 1.25 bits per heavy atom. The van der Waals surface area contributed by atoms with Crippen LogP contribution in [0.3, 0.4) is 0 Å². The van der Waals surface area contributed by atoms with Gasteiger partial charge in [0.2, 0.25) is 0 Å². The lowest BCUT2D eigenvalue weighted by Gasteiger charge is -2.16. The van der Waals surface area contributed by atoms with Crippen LogP contribution < -0.4 is 5.32 Å². The van der Waals surface area contributed by atoms with E-state index >= 15 is 0 Å². The van der Waals surface area contributed by atoms with Crippen molar-refractivity contribution >= 4 is 22.8 Å². The number of carbonyl (C=O) groups is 2. The molecule has 7 heteroatoms. The van der Waals surface area contributed by atoms with E-state index in [2.05, 4.69) is 29.2 Å². The first-order valence-electron chi connectivity index (χ1n) is 9.59. The van der Waals surface area contributed by atoms with Crippen molar-refractivity contribution in [3.63, 3.8) is 0 Å². The smallest absolute Gasteiger partial charge is 0.326 e. The third-order valence-electron chi connectivity index (χ3n) is 5.28. The second-order valence-corrected chi connectivity index (χ2v) is 6.99. The predicted octanol–water partition coefficient (Wildman–Crippen LogP) is 3.46. The highest BCUT2D eigenvalue weighted by molar-refractivity contribution is 5.97. The molecule has 1 atom stereocenters. The van der Waals surface area contributed by atoms with Gasteiger partial charge in [-0.3, -0.25) is 9.48 Å². The normalized spacial score (nSPS) is 12.4. The first-order chi connectivity index (χ1) is 13.5. The SMILES string of the molecule is CCC(CC)n1ncc(C(=O)NC(Cc2c[nH]c3ccccc23)C(=O)O)c1C. The molecule has 2 aromatic heterocycles. The maximum absolute atomic E-state index is 12.7. The van der Waals surface area contributed by atoms with Gasteiger partial charge < -0.3 is 15.4 Å². The van der Waals surface area contributed by atoms with Gasteiger partial charge in [-0.25, -0.2) is 4.79 Å². The maximum atomic E-state index is 12.7. The van der Waals surface area contributed by atoms with Gasteiger partial charge in [-0.1, -0.05) is 32.0 Å². The molecule has 2 heterocycles. The molecule has 0 aliphatic carbocycles. The summed E-state index contributed by atoms with van der Waals surface area (Å²) in [6.07, 6.45) is 5.35. The van der Waals surface area contributed by atoms with Crippen molar-refractivity contribution in [3.8, 4) is 0 Å². The number of hydrogen-bond donors (Lipinski definition) is 3. The van der Waals surface area contributed by atoms with Gasteiger partial charge in [-0.2, -0.15) is 5.10 Å². The van der Waals surface area contributed by atoms with E-state index in [0.717, 1.165) is 35.0 Å². The van der Waals surface area contributed by atoms with Crippen LogP contribution in [-0.2, 0) is 11.2 Å². The number of carboxylic acid groups (broad SMARTS) is 1. The zero-order chi connectivity index (χ0) is 20.3. The summed E-state index contributed by atoms with van der Waals surface area (Å²) in [5, 5.41) is 17.6. The Labute approximate surface area is 163 Å². The van der Waals surface area contributed by atoms with Crippen LogP contribution in [0.2, 0.25) is 0 Å². The minimum absolute atomic E-state index is 0.199. The molecular formula is C21H26N4O3. The van der Waals surface area contributed by atoms with E-state index in [9.17, 15) is 14.7 Å². The fourth-order valence-electron chi connectivity index (χ4n) is 3.61. The average molecular weight is 382 g/mol. The summed E-state index contributed by atoms with van der Waals surface area (Å²) in [4.78, 5) is 27.7. The van der Waals surface area contributed by atoms with E-state index in [-0.39, 0.29) is 12.5 Å². The quantitative estimate of drug-likeness (QED) is 0.555. The molecule has 0 fully saturated rings. The Morgan fingerprint density at radius 3 is 2.64 bits per heavy atom. The lowest BCUT2D eigenvalue weighted by atomic mass is 10.0. The van der Waals surface area contributed by atoms with E-state index in [0.29, 0.717) is 5.56 Å². The first-order valence-corrected chi connectivity index (χ1v) is 9.59. The van der Waals surface area contributed by atoms with Gasteiger partial charge in [-0.05, 0) is 31.4 Å². The molecule has 1 aromatic carbocycles. The van der Waals surface area contributed by atoms with Crippen molar-refractivity contribution in [2.75, 3.05) is 0 Å². The lowest BCUT2D eigenvalue weighted by molar-refractivity contribution is -0.139. The predicted molar refractivity (Wildman–Crippen MR) is 107 cm³/mol. The Hall–Kier alpha value is -3.09. The fourth-order valence-corrected chi connectivity index (χ4v) is 3.61. The minimum atomic E-state index is -1.07. The number of aromatic amines is 1. The number of benzene rings is 1. The zero-order valence-corrected chi connectivity index (χ0v) is 16.4. The summed E-state index contributed by atoms with van der Waals surface area (Å²) >= 11 is 0. The number of nitrogens with zero attached hydrogens (tertiary/aromatic N) is 2. The van der Waals surface area contributed by atoms with Crippen molar-refractivity contribution < 1.29 is 14.7 Å². The molecule has 7 nitrogen and oxygen atoms in total. The summed E-state index contributed by atoms with van der Waals surface area (Å²) in [7, 11) is 0. The number of carbonyl (C=O) groups excluding carboxylic acids is 1. The van der Waals surface area contributed by atoms with Crippen molar-refractivity contribution in [2.24, 2.45) is 0 Å². The highest BCUT2D eigenvalue weighted by Gasteiger charge is 2.25. The third kappa shape index (κ3) is 3.78. The van der Waals surface area contributed by atoms with Crippen molar-refractivity contribution in [1.82, 2.24) is 20.1 Å². The molecular weight excluding hydrogens is 356 g/mol. The molecule has 1 unspecified atom stereocenters. The van der Waals surface area contributed by atoms with Gasteiger partial charge in [0.15, 0.2) is 0 Å². The standard InChI is InChI=1S/C21H26N4O3/c1-4-15(5-2)25-13(3)17(12-23-25)20(26)24-19(21(27)28)10-14-11-22-18-9-7-6-8-16(14)18/h6-9,11-12,15,19,22H,4-5,10H2,1-3H3,(H,24,26)(H,27,28). The second-order valence-electron chi connectivity index (χ2n) is 6.99. The van der Waals surface area contributed by atoms with E-state index in [1.807, 2.05) is 35.9 Å². The molecule has 0 spiro atoms. The number of aliphatic carboxylic acids is 1. The monoisotopic (exact) mass is 382 g/mol. The van der Waals surface area contributed by atoms with Crippen LogP contribution in [0.5, 0.6) is 0 Å². The van der Waals surface area contributed by atoms with Gasteiger partial charge in [0, 0.05) is 29.2 Å². The number of nitrogens with one attached hydrogen (secondary N) is 2. The number of carboxylic acids is 1. The molecule has 3 N–H and O–H groups in total. The van der Waals surface area contributed by atoms with Crippen molar-refractivity contribution in [2.45, 2.75) is 52.1 Å². The number of aromatic nitrogens is 3. The van der Waals surface area contributed by atoms with Crippen LogP contribution >= 0.6 is 0 Å². The highest BCUT2D eigenvalue weighted by atomic mass is 16.4. The number of rotatable bonds is 8. The van der Waals surface area contributed by atoms with E-state index in [1.165, 1.54) is 6.20 Å². The number of fused-ring (bicyclic) bond motifs is 1. The van der Waals surface area contributed by atoms with Crippen LogP contribution in [0.1, 0.15) is 54.3 Å².